The van der Waals surface area contributed by atoms with E-state index in [0.29, 0.717) is 10.9 Å². The summed E-state index contributed by atoms with van der Waals surface area (Å²) in [5, 5.41) is 3.07. The van der Waals surface area contributed by atoms with Gasteiger partial charge < -0.3 is 10.1 Å². The van der Waals surface area contributed by atoms with Crippen molar-refractivity contribution in [2.24, 2.45) is 0 Å². The Hall–Kier alpha value is -2.12. The summed E-state index contributed by atoms with van der Waals surface area (Å²) in [6, 6.07) is 9.31. The molecule has 0 aliphatic heterocycles. The molecule has 1 aromatic heterocycles. The minimum absolute atomic E-state index is 0.0636. The van der Waals surface area contributed by atoms with Crippen LogP contribution >= 0.6 is 11.6 Å². The van der Waals surface area contributed by atoms with Crippen LogP contribution in [0.5, 0.6) is 5.88 Å². The van der Waals surface area contributed by atoms with Crippen LogP contribution in [0.1, 0.15) is 31.2 Å². The lowest BCUT2D eigenvalue weighted by Gasteiger charge is -2.15. The Bertz CT molecular complexity index is 894. The van der Waals surface area contributed by atoms with Gasteiger partial charge in [-0.15, -0.1) is 0 Å². The fourth-order valence-electron chi connectivity index (χ4n) is 2.97. The molecule has 0 atom stereocenters. The molecule has 1 heterocycles. The predicted octanol–water partition coefficient (Wildman–Crippen LogP) is 3.15. The minimum Gasteiger partial charge on any atom is -0.474 e. The Kier molecular flexibility index (Phi) is 6.34. The first kappa shape index (κ1) is 19.6. The van der Waals surface area contributed by atoms with Gasteiger partial charge in [-0.3, -0.25) is 4.79 Å². The van der Waals surface area contributed by atoms with Gasteiger partial charge in [0.15, 0.2) is 9.84 Å². The minimum atomic E-state index is -3.73. The molecule has 1 aliphatic carbocycles. The maximum atomic E-state index is 12.3. The quantitative estimate of drug-likeness (QED) is 0.760. The van der Waals surface area contributed by atoms with Gasteiger partial charge in [-0.05, 0) is 56.0 Å². The molecule has 144 valence electrons. The van der Waals surface area contributed by atoms with Crippen LogP contribution in [-0.2, 0) is 21.2 Å². The fourth-order valence-corrected chi connectivity index (χ4v) is 4.26. The molecule has 0 bridgehead atoms. The van der Waals surface area contributed by atoms with Gasteiger partial charge in [0.1, 0.15) is 11.9 Å². The lowest BCUT2D eigenvalue weighted by molar-refractivity contribution is -0.118. The third-order valence-electron chi connectivity index (χ3n) is 4.40. The van der Waals surface area contributed by atoms with Crippen LogP contribution in [0.3, 0.4) is 0 Å². The number of halogens is 1. The van der Waals surface area contributed by atoms with Crippen molar-refractivity contribution in [3.05, 3.63) is 53.2 Å². The number of nitrogens with zero attached hydrogens (tertiary/aromatic N) is 1. The molecule has 0 unspecified atom stereocenters. The van der Waals surface area contributed by atoms with E-state index in [2.05, 4.69) is 10.3 Å². The largest absolute Gasteiger partial charge is 0.474 e. The van der Waals surface area contributed by atoms with Crippen LogP contribution < -0.4 is 10.1 Å². The van der Waals surface area contributed by atoms with Crippen molar-refractivity contribution in [3.63, 3.8) is 0 Å². The van der Waals surface area contributed by atoms with Crippen LogP contribution in [0.2, 0.25) is 5.02 Å². The van der Waals surface area contributed by atoms with E-state index in [0.717, 1.165) is 31.2 Å². The molecular weight excluding hydrogens is 388 g/mol. The van der Waals surface area contributed by atoms with E-state index in [4.69, 9.17) is 16.3 Å². The van der Waals surface area contributed by atoms with E-state index in [-0.39, 0.29) is 17.5 Å². The van der Waals surface area contributed by atoms with Gasteiger partial charge in [0.05, 0.1) is 4.90 Å². The summed E-state index contributed by atoms with van der Waals surface area (Å²) in [5.41, 5.74) is 0.724. The molecule has 0 radical (unpaired) electrons. The summed E-state index contributed by atoms with van der Waals surface area (Å²) < 4.78 is 30.6. The maximum Gasteiger partial charge on any atom is 0.235 e. The van der Waals surface area contributed by atoms with Crippen molar-refractivity contribution in [1.29, 1.82) is 0 Å². The average molecular weight is 409 g/mol. The van der Waals surface area contributed by atoms with E-state index in [1.165, 1.54) is 24.3 Å². The smallest absolute Gasteiger partial charge is 0.235 e. The zero-order valence-corrected chi connectivity index (χ0v) is 16.3. The van der Waals surface area contributed by atoms with Crippen molar-refractivity contribution < 1.29 is 17.9 Å². The normalized spacial score (nSPS) is 14.9. The van der Waals surface area contributed by atoms with Crippen LogP contribution in [0.15, 0.2) is 47.5 Å². The second-order valence-electron chi connectivity index (χ2n) is 6.48. The van der Waals surface area contributed by atoms with Gasteiger partial charge >= 0.3 is 0 Å². The first-order valence-corrected chi connectivity index (χ1v) is 10.8. The number of nitrogens with one attached hydrogen (secondary N) is 1. The third-order valence-corrected chi connectivity index (χ3v) is 6.28. The molecular formula is C19H21ClN2O4S. The van der Waals surface area contributed by atoms with Gasteiger partial charge in [0, 0.05) is 23.3 Å². The Morgan fingerprint density at radius 2 is 1.89 bits per heavy atom. The summed E-state index contributed by atoms with van der Waals surface area (Å²) >= 11 is 5.77. The summed E-state index contributed by atoms with van der Waals surface area (Å²) in [5.74, 6) is -0.723. The van der Waals surface area contributed by atoms with E-state index in [1.54, 1.807) is 12.3 Å². The lowest BCUT2D eigenvalue weighted by atomic mass is 10.2. The molecule has 8 heteroatoms. The van der Waals surface area contributed by atoms with Gasteiger partial charge in [-0.2, -0.15) is 0 Å². The highest BCUT2D eigenvalue weighted by Crippen LogP contribution is 2.25. The number of rotatable bonds is 7. The molecule has 1 amide bonds. The Morgan fingerprint density at radius 1 is 1.19 bits per heavy atom. The maximum absolute atomic E-state index is 12.3. The van der Waals surface area contributed by atoms with Gasteiger partial charge in [0.2, 0.25) is 11.8 Å². The van der Waals surface area contributed by atoms with E-state index < -0.39 is 21.5 Å². The number of pyridine rings is 1. The molecule has 6 nitrogen and oxygen atoms in total. The standard InChI is InChI=1S/C19H21ClN2O4S/c20-15-7-9-17(10-8-15)27(24,25)13-18(23)22-12-14-4-3-11-21-19(14)26-16-5-1-2-6-16/h3-4,7-11,16H,1-2,5-6,12-13H2,(H,22,23). The summed E-state index contributed by atoms with van der Waals surface area (Å²) in [7, 11) is -3.73. The number of aromatic nitrogens is 1. The number of benzene rings is 1. The van der Waals surface area contributed by atoms with Gasteiger partial charge in [-0.25, -0.2) is 13.4 Å². The molecule has 1 aromatic carbocycles. The second-order valence-corrected chi connectivity index (χ2v) is 8.91. The van der Waals surface area contributed by atoms with Crippen molar-refractivity contribution in [2.45, 2.75) is 43.2 Å². The summed E-state index contributed by atoms with van der Waals surface area (Å²) in [4.78, 5) is 16.5. The molecule has 2 aromatic rings. The molecule has 1 aliphatic rings. The number of carbonyl (C=O) groups excluding carboxylic acids is 1. The predicted molar refractivity (Wildman–Crippen MR) is 102 cm³/mol. The Morgan fingerprint density at radius 3 is 2.59 bits per heavy atom. The Balaban J connectivity index is 1.60. The van der Waals surface area contributed by atoms with E-state index in [9.17, 15) is 13.2 Å². The number of hydrogen-bond acceptors (Lipinski definition) is 5. The molecule has 1 saturated carbocycles. The van der Waals surface area contributed by atoms with Crippen LogP contribution in [0, 0.1) is 0 Å². The highest BCUT2D eigenvalue weighted by atomic mass is 35.5. The molecule has 0 saturated heterocycles. The van der Waals surface area contributed by atoms with Crippen molar-refractivity contribution in [3.8, 4) is 5.88 Å². The van der Waals surface area contributed by atoms with Crippen molar-refractivity contribution >= 4 is 27.3 Å². The first-order chi connectivity index (χ1) is 12.9. The second kappa shape index (κ2) is 8.71. The summed E-state index contributed by atoms with van der Waals surface area (Å²) in [6.45, 7) is 0.158. The van der Waals surface area contributed by atoms with Crippen LogP contribution in [-0.4, -0.2) is 31.2 Å². The fraction of sp³-hybridized carbons (Fsp3) is 0.368. The zero-order chi connectivity index (χ0) is 19.3. The number of ether oxygens (including phenoxy) is 1. The van der Waals surface area contributed by atoms with Crippen molar-refractivity contribution in [2.75, 3.05) is 5.75 Å². The number of sulfone groups is 1. The molecule has 1 N–H and O–H groups in total. The SMILES string of the molecule is O=C(CS(=O)(=O)c1ccc(Cl)cc1)NCc1cccnc1OC1CCCC1. The number of hydrogen-bond donors (Lipinski definition) is 1. The van der Waals surface area contributed by atoms with Gasteiger partial charge in [-0.1, -0.05) is 17.7 Å². The lowest BCUT2D eigenvalue weighted by Crippen LogP contribution is -2.30. The molecule has 3 rings (SSSR count). The molecule has 1 fully saturated rings. The monoisotopic (exact) mass is 408 g/mol. The number of amides is 1. The van der Waals surface area contributed by atoms with E-state index in [1.807, 2.05) is 6.07 Å². The third kappa shape index (κ3) is 5.43. The van der Waals surface area contributed by atoms with Crippen LogP contribution in [0.25, 0.3) is 0 Å². The first-order valence-electron chi connectivity index (χ1n) is 8.79. The molecule has 0 spiro atoms. The average Bonchev–Trinajstić information content (AvgIpc) is 3.14. The zero-order valence-electron chi connectivity index (χ0n) is 14.7. The molecule has 27 heavy (non-hydrogen) atoms. The highest BCUT2D eigenvalue weighted by molar-refractivity contribution is 7.92. The van der Waals surface area contributed by atoms with Crippen LogP contribution in [0.4, 0.5) is 0 Å². The highest BCUT2D eigenvalue weighted by Gasteiger charge is 2.21. The van der Waals surface area contributed by atoms with Gasteiger partial charge in [0.25, 0.3) is 0 Å². The van der Waals surface area contributed by atoms with Crippen molar-refractivity contribution in [1.82, 2.24) is 10.3 Å². The topological polar surface area (TPSA) is 85.4 Å². The Labute approximate surface area is 163 Å². The summed E-state index contributed by atoms with van der Waals surface area (Å²) in [6.07, 6.45) is 6.09. The number of carbonyl (C=O) groups is 1. The van der Waals surface area contributed by atoms with E-state index >= 15 is 0 Å².